The van der Waals surface area contributed by atoms with Crippen LogP contribution < -0.4 is 0 Å². The average molecular weight is 1360 g/mol. The van der Waals surface area contributed by atoms with Crippen LogP contribution in [0.4, 0.5) is 0 Å². The van der Waals surface area contributed by atoms with Crippen LogP contribution in [0, 0.1) is 0 Å². The van der Waals surface area contributed by atoms with Crippen molar-refractivity contribution < 1.29 is 0 Å². The molecule has 10 nitrogen and oxygen atoms in total. The van der Waals surface area contributed by atoms with E-state index in [-0.39, 0.29) is 0 Å². The summed E-state index contributed by atoms with van der Waals surface area (Å²) < 4.78 is 0. The molecule has 498 valence electrons. The number of hydrogen-bond acceptors (Lipinski definition) is 10. The second-order valence-corrected chi connectivity index (χ2v) is 25.5. The summed E-state index contributed by atoms with van der Waals surface area (Å²) in [5.41, 5.74) is 21.8. The van der Waals surface area contributed by atoms with Crippen LogP contribution in [-0.4, -0.2) is 49.8 Å². The van der Waals surface area contributed by atoms with Crippen molar-refractivity contribution >= 4 is 10.8 Å². The Labute approximate surface area is 614 Å². The van der Waals surface area contributed by atoms with Gasteiger partial charge in [-0.25, -0.2) is 49.8 Å². The van der Waals surface area contributed by atoms with Crippen LogP contribution in [0.3, 0.4) is 0 Å². The highest BCUT2D eigenvalue weighted by Gasteiger charge is 2.19. The Morgan fingerprint density at radius 1 is 0.123 bits per heavy atom. The minimum Gasteiger partial charge on any atom is -0.228 e. The lowest BCUT2D eigenvalue weighted by molar-refractivity contribution is 1.07. The van der Waals surface area contributed by atoms with Crippen LogP contribution in [0.5, 0.6) is 0 Å². The van der Waals surface area contributed by atoms with Gasteiger partial charge in [-0.2, -0.15) is 0 Å². The Kier molecular flexibility index (Phi) is 18.4. The molecule has 14 aromatic carbocycles. The molecule has 0 aliphatic rings. The van der Waals surface area contributed by atoms with Crippen molar-refractivity contribution in [1.82, 2.24) is 49.8 Å². The summed E-state index contributed by atoms with van der Waals surface area (Å²) in [5, 5.41) is 2.34. The van der Waals surface area contributed by atoms with Gasteiger partial charge < -0.3 is 0 Å². The topological polar surface area (TPSA) is 129 Å². The minimum atomic E-state index is 0.620. The predicted molar refractivity (Wildman–Crippen MR) is 430 cm³/mol. The molecule has 0 bridgehead atoms. The van der Waals surface area contributed by atoms with E-state index in [2.05, 4.69) is 224 Å². The van der Waals surface area contributed by atoms with Crippen molar-refractivity contribution in [1.29, 1.82) is 0 Å². The van der Waals surface area contributed by atoms with Crippen molar-refractivity contribution in [2.45, 2.75) is 0 Å². The van der Waals surface area contributed by atoms with E-state index in [1.54, 1.807) is 0 Å². The minimum absolute atomic E-state index is 0.620. The molecule has 0 atom stereocenters. The van der Waals surface area contributed by atoms with E-state index >= 15 is 0 Å². The molecule has 0 unspecified atom stereocenters. The molecule has 4 aromatic heterocycles. The van der Waals surface area contributed by atoms with E-state index in [4.69, 9.17) is 49.8 Å². The third-order valence-electron chi connectivity index (χ3n) is 18.5. The summed E-state index contributed by atoms with van der Waals surface area (Å²) in [6, 6.07) is 132. The number of aromatic nitrogens is 10. The number of rotatable bonds is 15. The predicted octanol–water partition coefficient (Wildman–Crippen LogP) is 23.5. The number of hydrogen-bond donors (Lipinski definition) is 0. The quantitative estimate of drug-likeness (QED) is 0.0978. The maximum Gasteiger partial charge on any atom is 0.164 e. The second kappa shape index (κ2) is 30.0. The van der Waals surface area contributed by atoms with Crippen LogP contribution >= 0.6 is 0 Å². The highest BCUT2D eigenvalue weighted by molar-refractivity contribution is 5.96. The van der Waals surface area contributed by atoms with Gasteiger partial charge in [-0.1, -0.05) is 364 Å². The molecule has 0 aliphatic carbocycles. The van der Waals surface area contributed by atoms with E-state index in [0.717, 1.165) is 123 Å². The van der Waals surface area contributed by atoms with Crippen molar-refractivity contribution in [3.8, 4) is 170 Å². The molecule has 10 heteroatoms. The Morgan fingerprint density at radius 3 is 0.708 bits per heavy atom. The Hall–Kier alpha value is -14.5. The van der Waals surface area contributed by atoms with Gasteiger partial charge in [-0.15, -0.1) is 0 Å². The zero-order valence-electron chi connectivity index (χ0n) is 57.4. The Bertz CT molecular complexity index is 5960. The monoisotopic (exact) mass is 1360 g/mol. The van der Waals surface area contributed by atoms with Crippen LogP contribution in [0.25, 0.3) is 180 Å². The van der Waals surface area contributed by atoms with Crippen molar-refractivity contribution in [3.63, 3.8) is 0 Å². The van der Waals surface area contributed by atoms with Gasteiger partial charge in [-0.05, 0) is 68.4 Å². The van der Waals surface area contributed by atoms with Gasteiger partial charge in [0.05, 0.1) is 22.8 Å². The van der Waals surface area contributed by atoms with E-state index in [1.807, 2.05) is 164 Å². The maximum absolute atomic E-state index is 5.10. The molecule has 0 N–H and O–H groups in total. The van der Waals surface area contributed by atoms with E-state index in [1.165, 1.54) is 10.9 Å². The van der Waals surface area contributed by atoms with Crippen LogP contribution in [0.15, 0.2) is 388 Å². The molecule has 0 fully saturated rings. The largest absolute Gasteiger partial charge is 0.228 e. The first-order chi connectivity index (χ1) is 52.5. The highest BCUT2D eigenvalue weighted by Crippen LogP contribution is 2.37. The molecule has 0 aliphatic heterocycles. The summed E-state index contributed by atoms with van der Waals surface area (Å²) in [7, 11) is 0. The lowest BCUT2D eigenvalue weighted by Gasteiger charge is -2.12. The van der Waals surface area contributed by atoms with Gasteiger partial charge in [0.2, 0.25) is 0 Å². The fourth-order valence-electron chi connectivity index (χ4n) is 13.0. The molecule has 0 spiro atoms. The molecule has 0 saturated carbocycles. The van der Waals surface area contributed by atoms with Crippen molar-refractivity contribution in [2.24, 2.45) is 0 Å². The Balaban J connectivity index is 0.000000156. The van der Waals surface area contributed by atoms with Crippen LogP contribution in [-0.2, 0) is 0 Å². The summed E-state index contributed by atoms with van der Waals surface area (Å²) in [6.45, 7) is 0. The Morgan fingerprint density at radius 2 is 0.340 bits per heavy atom. The van der Waals surface area contributed by atoms with Gasteiger partial charge in [0.15, 0.2) is 46.6 Å². The standard InChI is InChI=1S/C49H33N5.C47H31N5/c1-5-14-34(15-6-1)35-24-28-40(29-25-35)48-52-47(39-20-11-4-12-21-39)53-49(54-48)41-30-26-36(27-31-41)42-22-13-23-43(32-42)45-33-44(37-16-7-2-8-17-37)50-46(51-45)38-18-9-3-10-19-38;1-4-15-34(16-5-1)44-48-42(31-43(49-44)41-25-13-21-33-14-10-11-24-40(33)41)39-23-12-22-38(30-39)32-26-28-37(29-27-32)47-51-45(35-17-6-2-7-18-35)50-46(52-47)36-19-8-3-9-20-36/h1-33H;1-31H. The van der Waals surface area contributed by atoms with E-state index < -0.39 is 0 Å². The summed E-state index contributed by atoms with van der Waals surface area (Å²) in [5.74, 6) is 5.18. The lowest BCUT2D eigenvalue weighted by Crippen LogP contribution is -2.00. The zero-order valence-corrected chi connectivity index (χ0v) is 57.4. The van der Waals surface area contributed by atoms with Gasteiger partial charge in [0, 0.05) is 66.8 Å². The molecule has 106 heavy (non-hydrogen) atoms. The summed E-state index contributed by atoms with van der Waals surface area (Å²) in [4.78, 5) is 49.7. The number of fused-ring (bicyclic) bond motifs is 1. The van der Waals surface area contributed by atoms with Crippen molar-refractivity contribution in [2.75, 3.05) is 0 Å². The van der Waals surface area contributed by atoms with Crippen LogP contribution in [0.2, 0.25) is 0 Å². The zero-order chi connectivity index (χ0) is 70.8. The fourth-order valence-corrected chi connectivity index (χ4v) is 13.0. The molecule has 18 aromatic rings. The molecule has 0 radical (unpaired) electrons. The normalized spacial score (nSPS) is 11.0. The smallest absolute Gasteiger partial charge is 0.164 e. The first-order valence-electron chi connectivity index (χ1n) is 35.2. The first-order valence-corrected chi connectivity index (χ1v) is 35.2. The fraction of sp³-hybridized carbons (Fsp3) is 0. The summed E-state index contributed by atoms with van der Waals surface area (Å²) in [6.07, 6.45) is 0. The van der Waals surface area contributed by atoms with Gasteiger partial charge >= 0.3 is 0 Å². The van der Waals surface area contributed by atoms with Gasteiger partial charge in [0.25, 0.3) is 0 Å². The molecule has 0 amide bonds. The molecule has 0 saturated heterocycles. The van der Waals surface area contributed by atoms with Gasteiger partial charge in [0.1, 0.15) is 0 Å². The number of benzene rings is 14. The highest BCUT2D eigenvalue weighted by atomic mass is 15.0. The number of nitrogens with zero attached hydrogens (tertiary/aromatic N) is 10. The lowest BCUT2D eigenvalue weighted by atomic mass is 9.98. The third-order valence-corrected chi connectivity index (χ3v) is 18.5. The second-order valence-electron chi connectivity index (χ2n) is 25.5. The molecular formula is C96H64N10. The summed E-state index contributed by atoms with van der Waals surface area (Å²) >= 11 is 0. The maximum atomic E-state index is 5.10. The van der Waals surface area contributed by atoms with Crippen molar-refractivity contribution in [3.05, 3.63) is 388 Å². The molecule has 4 heterocycles. The average Bonchev–Trinajstić information content (AvgIpc) is 0.800. The SMILES string of the molecule is c1ccc(-c2ccc(-c3nc(-c4ccccc4)nc(-c4ccc(-c5cccc(-c6cc(-c7ccccc7)nc(-c7ccccc7)n6)c5)cc4)n3)cc2)cc1.c1ccc(-c2nc(-c3cccc(-c4ccc(-c5nc(-c6ccccc6)nc(-c6ccccc6)n5)cc4)c3)cc(-c3cccc4ccccc34)n2)cc1. The van der Waals surface area contributed by atoms with E-state index in [0.29, 0.717) is 46.6 Å². The van der Waals surface area contributed by atoms with Crippen LogP contribution in [0.1, 0.15) is 0 Å². The molecular weight excluding hydrogens is 1290 g/mol. The van der Waals surface area contributed by atoms with Gasteiger partial charge in [-0.3, -0.25) is 0 Å². The first kappa shape index (κ1) is 64.9. The molecule has 18 rings (SSSR count). The van der Waals surface area contributed by atoms with E-state index in [9.17, 15) is 0 Å². The third kappa shape index (κ3) is 14.4.